The van der Waals surface area contributed by atoms with Gasteiger partial charge in [-0.2, -0.15) is 0 Å². The quantitative estimate of drug-likeness (QED) is 0.520. The lowest BCUT2D eigenvalue weighted by Crippen LogP contribution is -2.47. The largest absolute Gasteiger partial charge is 0.495 e. The van der Waals surface area contributed by atoms with Crippen LogP contribution in [0, 0.1) is 0 Å². The number of para-hydroxylation sites is 3. The molecule has 1 fully saturated rings. The number of methoxy groups -OCH3 is 1. The van der Waals surface area contributed by atoms with Crippen molar-refractivity contribution in [1.82, 2.24) is 10.2 Å². The maximum absolute atomic E-state index is 12.3. The van der Waals surface area contributed by atoms with E-state index >= 15 is 0 Å². The minimum Gasteiger partial charge on any atom is -0.495 e. The third-order valence-electron chi connectivity index (χ3n) is 5.16. The number of hydrogen-bond acceptors (Lipinski definition) is 7. The predicted octanol–water partition coefficient (Wildman–Crippen LogP) is 4.20. The van der Waals surface area contributed by atoms with Crippen LogP contribution in [0.4, 0.5) is 17.2 Å². The van der Waals surface area contributed by atoms with Gasteiger partial charge in [-0.1, -0.05) is 47.6 Å². The molecule has 9 heteroatoms. The molecule has 0 saturated carbocycles. The van der Waals surface area contributed by atoms with E-state index < -0.39 is 0 Å². The second kappa shape index (κ2) is 10.6. The highest BCUT2D eigenvalue weighted by atomic mass is 35.5. The van der Waals surface area contributed by atoms with Crippen LogP contribution in [0.25, 0.3) is 0 Å². The topological polar surface area (TPSA) is 70.6 Å². The minimum atomic E-state index is -0.124. The molecule has 1 aliphatic rings. The van der Waals surface area contributed by atoms with Crippen LogP contribution in [0.1, 0.15) is 0 Å². The molecule has 166 valence electrons. The van der Waals surface area contributed by atoms with Gasteiger partial charge in [-0.05, 0) is 36.4 Å². The standard InChI is InChI=1S/C23H24ClN5O2S/c1-31-20-9-5-3-7-18(20)25-22(30)16-32-23-11-10-21(26-27-23)29-14-12-28(13-15-29)19-8-4-2-6-17(19)24/h2-11H,12-16H2,1H3,(H,25,30). The van der Waals surface area contributed by atoms with Gasteiger partial charge < -0.3 is 19.9 Å². The number of ether oxygens (including phenoxy) is 1. The zero-order valence-electron chi connectivity index (χ0n) is 17.7. The Kier molecular flexibility index (Phi) is 7.34. The van der Waals surface area contributed by atoms with Crippen LogP contribution in [0.3, 0.4) is 0 Å². The van der Waals surface area contributed by atoms with Crippen molar-refractivity contribution < 1.29 is 9.53 Å². The summed E-state index contributed by atoms with van der Waals surface area (Å²) in [5, 5.41) is 13.0. The molecule has 1 N–H and O–H groups in total. The summed E-state index contributed by atoms with van der Waals surface area (Å²) in [5.41, 5.74) is 1.72. The third-order valence-corrected chi connectivity index (χ3v) is 6.39. The van der Waals surface area contributed by atoms with Crippen LogP contribution in [0.2, 0.25) is 5.02 Å². The molecule has 1 aromatic heterocycles. The molecular weight excluding hydrogens is 446 g/mol. The normalized spacial score (nSPS) is 13.7. The summed E-state index contributed by atoms with van der Waals surface area (Å²) < 4.78 is 5.26. The average molecular weight is 470 g/mol. The highest BCUT2D eigenvalue weighted by Crippen LogP contribution is 2.27. The van der Waals surface area contributed by atoms with Crippen molar-refractivity contribution in [1.29, 1.82) is 0 Å². The highest BCUT2D eigenvalue weighted by molar-refractivity contribution is 7.99. The van der Waals surface area contributed by atoms with Crippen LogP contribution in [-0.4, -0.2) is 55.1 Å². The number of amides is 1. The number of carbonyl (C=O) groups excluding carboxylic acids is 1. The maximum atomic E-state index is 12.3. The van der Waals surface area contributed by atoms with Crippen molar-refractivity contribution in [2.24, 2.45) is 0 Å². The molecule has 2 aromatic carbocycles. The van der Waals surface area contributed by atoms with Gasteiger partial charge in [0.15, 0.2) is 5.82 Å². The first-order valence-corrected chi connectivity index (χ1v) is 11.6. The van der Waals surface area contributed by atoms with Gasteiger partial charge in [0.1, 0.15) is 10.8 Å². The van der Waals surface area contributed by atoms with Gasteiger partial charge in [0.2, 0.25) is 5.91 Å². The Labute approximate surface area is 196 Å². The smallest absolute Gasteiger partial charge is 0.234 e. The first-order valence-electron chi connectivity index (χ1n) is 10.3. The number of aromatic nitrogens is 2. The summed E-state index contributed by atoms with van der Waals surface area (Å²) in [7, 11) is 1.58. The molecule has 0 atom stereocenters. The van der Waals surface area contributed by atoms with Crippen LogP contribution in [0.15, 0.2) is 65.7 Å². The Hall–Kier alpha value is -2.97. The lowest BCUT2D eigenvalue weighted by atomic mass is 10.2. The number of piperazine rings is 1. The van der Waals surface area contributed by atoms with Gasteiger partial charge >= 0.3 is 0 Å². The molecule has 2 heterocycles. The molecule has 4 rings (SSSR count). The van der Waals surface area contributed by atoms with Crippen molar-refractivity contribution in [2.45, 2.75) is 5.03 Å². The summed E-state index contributed by atoms with van der Waals surface area (Å²) in [4.78, 5) is 16.8. The van der Waals surface area contributed by atoms with Crippen LogP contribution >= 0.6 is 23.4 Å². The van der Waals surface area contributed by atoms with Crippen molar-refractivity contribution in [2.75, 3.05) is 54.2 Å². The van der Waals surface area contributed by atoms with E-state index in [2.05, 4.69) is 25.3 Å². The maximum Gasteiger partial charge on any atom is 0.234 e. The Morgan fingerprint density at radius 3 is 2.44 bits per heavy atom. The van der Waals surface area contributed by atoms with Crippen LogP contribution < -0.4 is 19.9 Å². The van der Waals surface area contributed by atoms with Gasteiger partial charge in [0.25, 0.3) is 0 Å². The number of halogens is 1. The fourth-order valence-corrected chi connectivity index (χ4v) is 4.39. The van der Waals surface area contributed by atoms with Crippen molar-refractivity contribution in [3.63, 3.8) is 0 Å². The van der Waals surface area contributed by atoms with E-state index in [4.69, 9.17) is 16.3 Å². The Morgan fingerprint density at radius 1 is 1.00 bits per heavy atom. The second-order valence-corrected chi connectivity index (χ2v) is 8.60. The number of hydrogen-bond donors (Lipinski definition) is 1. The number of carbonyl (C=O) groups is 1. The number of nitrogens with zero attached hydrogens (tertiary/aromatic N) is 4. The Morgan fingerprint density at radius 2 is 1.72 bits per heavy atom. The molecule has 7 nitrogen and oxygen atoms in total. The lowest BCUT2D eigenvalue weighted by Gasteiger charge is -2.36. The SMILES string of the molecule is COc1ccccc1NC(=O)CSc1ccc(N2CCN(c3ccccc3Cl)CC2)nn1. The lowest BCUT2D eigenvalue weighted by molar-refractivity contribution is -0.113. The summed E-state index contributed by atoms with van der Waals surface area (Å²) in [6, 6.07) is 19.1. The van der Waals surface area contributed by atoms with Crippen molar-refractivity contribution in [3.8, 4) is 5.75 Å². The first-order chi connectivity index (χ1) is 15.6. The summed E-state index contributed by atoms with van der Waals surface area (Å²) in [6.45, 7) is 3.41. The summed E-state index contributed by atoms with van der Waals surface area (Å²) >= 11 is 7.67. The molecule has 0 radical (unpaired) electrons. The number of nitrogens with one attached hydrogen (secondary N) is 1. The van der Waals surface area contributed by atoms with E-state index in [-0.39, 0.29) is 11.7 Å². The van der Waals surface area contributed by atoms with E-state index in [1.165, 1.54) is 11.8 Å². The van der Waals surface area contributed by atoms with Crippen molar-refractivity contribution in [3.05, 3.63) is 65.7 Å². The number of anilines is 3. The van der Waals surface area contributed by atoms with Gasteiger partial charge in [-0.15, -0.1) is 10.2 Å². The Bertz CT molecular complexity index is 1060. The van der Waals surface area contributed by atoms with Crippen LogP contribution in [-0.2, 0) is 4.79 Å². The molecule has 1 amide bonds. The molecule has 0 bridgehead atoms. The fraction of sp³-hybridized carbons (Fsp3) is 0.261. The third kappa shape index (κ3) is 5.44. The molecule has 32 heavy (non-hydrogen) atoms. The van der Waals surface area contributed by atoms with Gasteiger partial charge in [0.05, 0.1) is 29.3 Å². The zero-order valence-corrected chi connectivity index (χ0v) is 19.3. The summed E-state index contributed by atoms with van der Waals surface area (Å²) in [5.74, 6) is 1.58. The van der Waals surface area contributed by atoms with Crippen molar-refractivity contribution >= 4 is 46.5 Å². The van der Waals surface area contributed by atoms with Gasteiger partial charge in [-0.25, -0.2) is 0 Å². The van der Waals surface area contributed by atoms with Crippen LogP contribution in [0.5, 0.6) is 5.75 Å². The fourth-order valence-electron chi connectivity index (χ4n) is 3.52. The first kappa shape index (κ1) is 22.2. The minimum absolute atomic E-state index is 0.124. The average Bonchev–Trinajstić information content (AvgIpc) is 2.84. The summed E-state index contributed by atoms with van der Waals surface area (Å²) in [6.07, 6.45) is 0. The van der Waals surface area contributed by atoms with Gasteiger partial charge in [0, 0.05) is 26.2 Å². The molecule has 0 unspecified atom stereocenters. The molecule has 3 aromatic rings. The molecular formula is C23H24ClN5O2S. The van der Waals surface area contributed by atoms with E-state index in [1.54, 1.807) is 13.2 Å². The number of rotatable bonds is 7. The van der Waals surface area contributed by atoms with E-state index in [1.807, 2.05) is 54.6 Å². The zero-order chi connectivity index (χ0) is 22.3. The second-order valence-electron chi connectivity index (χ2n) is 7.19. The van der Waals surface area contributed by atoms with E-state index in [0.29, 0.717) is 16.5 Å². The molecule has 1 saturated heterocycles. The molecule has 0 spiro atoms. The molecule has 0 aliphatic carbocycles. The molecule has 1 aliphatic heterocycles. The Balaban J connectivity index is 1.27. The predicted molar refractivity (Wildman–Crippen MR) is 130 cm³/mol. The van der Waals surface area contributed by atoms with E-state index in [0.717, 1.165) is 42.7 Å². The van der Waals surface area contributed by atoms with E-state index in [9.17, 15) is 4.79 Å². The van der Waals surface area contributed by atoms with Gasteiger partial charge in [-0.3, -0.25) is 4.79 Å². The highest BCUT2D eigenvalue weighted by Gasteiger charge is 2.20. The monoisotopic (exact) mass is 469 g/mol. The number of benzene rings is 2. The number of thioether (sulfide) groups is 1.